The summed E-state index contributed by atoms with van der Waals surface area (Å²) in [5.41, 5.74) is 0. The number of carbonyl (C=O) groups excluding carboxylic acids is 3. The van der Waals surface area contributed by atoms with Crippen molar-refractivity contribution in [3.05, 3.63) is 0 Å². The number of rotatable bonds is 23. The quantitative estimate of drug-likeness (QED) is 0.0452. The first-order valence-electron chi connectivity index (χ1n) is 30.8. The lowest BCUT2D eigenvalue weighted by Gasteiger charge is -2.51. The van der Waals surface area contributed by atoms with E-state index in [0.717, 1.165) is 20.8 Å². The van der Waals surface area contributed by atoms with Crippen LogP contribution in [0, 0.1) is 0 Å². The van der Waals surface area contributed by atoms with Gasteiger partial charge in [-0.2, -0.15) is 0 Å². The second-order valence-electron chi connectivity index (χ2n) is 24.6. The standard InChI is InChI=1S/C54H91N3O39/c1-12-26(66)34(74)38(78)50(83-12)95-45-36(76)28(68)17(6-58)88-53(45)92-42-24(56-15(4)64)48(86-20(9-61)31(42)71)82-11-22-33(73)44(40(80)52(90-22)91-41-23(55-14(3)63)47(81)85-19(8-60)30(41)70)94-49-25(57-16(5)65)43(32(72)21(10-62)87-49)93-54-46(37(77)29(69)18(7-59)89-54)96-51-39(79)35(75)27(67)13(2)84-51/h12-13,17-54,58-62,66-81H,6-11H2,1-5H3,(H,55,63)(H,56,64)(H,57,65)/t12-,13-,17+,18+,19+,20+,21+,22+,23+,24+,25+,26+,27+,28-,29-,30-,31+,32+,33-,34+,35+,36-,37-,38-,39-,40+,41+,42+,43+,44-,45+,46+,47?,48+,49-,50-,51-,52-,53-,54-/m0/s1. The monoisotopic (exact) mass is 1410 g/mol. The van der Waals surface area contributed by atoms with E-state index in [2.05, 4.69) is 16.0 Å². The molecule has 8 rings (SSSR count). The van der Waals surface area contributed by atoms with Crippen LogP contribution >= 0.6 is 0 Å². The fourth-order valence-corrected chi connectivity index (χ4v) is 12.4. The second kappa shape index (κ2) is 33.8. The lowest BCUT2D eigenvalue weighted by atomic mass is 9.93. The zero-order valence-corrected chi connectivity index (χ0v) is 52.1. The van der Waals surface area contributed by atoms with Crippen molar-refractivity contribution in [3.8, 4) is 0 Å². The van der Waals surface area contributed by atoms with Crippen molar-refractivity contribution in [1.29, 1.82) is 0 Å². The average molecular weight is 1410 g/mol. The predicted molar refractivity (Wildman–Crippen MR) is 296 cm³/mol. The number of nitrogens with one attached hydrogen (secondary N) is 3. The summed E-state index contributed by atoms with van der Waals surface area (Å²) >= 11 is 0. The van der Waals surface area contributed by atoms with Crippen molar-refractivity contribution >= 4 is 17.7 Å². The van der Waals surface area contributed by atoms with Crippen LogP contribution in [0.2, 0.25) is 0 Å². The van der Waals surface area contributed by atoms with Crippen molar-refractivity contribution in [2.75, 3.05) is 39.6 Å². The Morgan fingerprint density at radius 1 is 0.292 bits per heavy atom. The lowest BCUT2D eigenvalue weighted by molar-refractivity contribution is -0.390. The Morgan fingerprint density at radius 2 is 0.594 bits per heavy atom. The molecular weight excluding hydrogens is 1310 g/mol. The molecule has 0 aromatic heterocycles. The zero-order valence-electron chi connectivity index (χ0n) is 52.1. The van der Waals surface area contributed by atoms with Gasteiger partial charge in [0.25, 0.3) is 0 Å². The number of amides is 3. The van der Waals surface area contributed by atoms with E-state index in [-0.39, 0.29) is 0 Å². The maximum atomic E-state index is 13.2. The first-order chi connectivity index (χ1) is 45.3. The molecule has 42 heteroatoms. The van der Waals surface area contributed by atoms with Crippen LogP contribution in [0.25, 0.3) is 0 Å². The number of aliphatic hydroxyl groups is 21. The molecule has 8 fully saturated rings. The van der Waals surface area contributed by atoms with Crippen LogP contribution in [-0.4, -0.2) is 410 Å². The van der Waals surface area contributed by atoms with Gasteiger partial charge in [0.2, 0.25) is 17.7 Å². The van der Waals surface area contributed by atoms with Gasteiger partial charge in [0, 0.05) is 20.8 Å². The largest absolute Gasteiger partial charge is 0.394 e. The molecule has 1 unspecified atom stereocenters. The van der Waals surface area contributed by atoms with Gasteiger partial charge in [-0.1, -0.05) is 0 Å². The Balaban J connectivity index is 1.13. The van der Waals surface area contributed by atoms with Crippen LogP contribution in [0.5, 0.6) is 0 Å². The molecule has 0 radical (unpaired) electrons. The Morgan fingerprint density at radius 3 is 1.01 bits per heavy atom. The second-order valence-corrected chi connectivity index (χ2v) is 24.6. The molecule has 24 N–H and O–H groups in total. The fraction of sp³-hybridized carbons (Fsp3) is 0.944. The minimum atomic E-state index is -2.42. The summed E-state index contributed by atoms with van der Waals surface area (Å²) in [7, 11) is 0. The Labute approximate surface area is 545 Å². The number of carbonyl (C=O) groups is 3. The molecule has 0 aromatic rings. The Bertz CT molecular complexity index is 2480. The number of hydrogen-bond acceptors (Lipinski definition) is 39. The van der Waals surface area contributed by atoms with Crippen molar-refractivity contribution < 1.29 is 193 Å². The van der Waals surface area contributed by atoms with Gasteiger partial charge < -0.3 is 194 Å². The maximum Gasteiger partial charge on any atom is 0.217 e. The van der Waals surface area contributed by atoms with Crippen molar-refractivity contribution in [2.45, 2.75) is 280 Å². The first-order valence-corrected chi connectivity index (χ1v) is 30.8. The van der Waals surface area contributed by atoms with Crippen LogP contribution in [0.15, 0.2) is 0 Å². The highest BCUT2D eigenvalue weighted by Crippen LogP contribution is 2.39. The summed E-state index contributed by atoms with van der Waals surface area (Å²) in [6.07, 6.45) is -72.5. The zero-order chi connectivity index (χ0) is 70.8. The first kappa shape index (κ1) is 78.7. The summed E-state index contributed by atoms with van der Waals surface area (Å²) < 4.78 is 88.5. The van der Waals surface area contributed by atoms with E-state index < -0.39 is 303 Å². The summed E-state index contributed by atoms with van der Waals surface area (Å²) in [6.45, 7) is -0.801. The summed E-state index contributed by atoms with van der Waals surface area (Å²) in [6, 6.07) is -5.55. The molecule has 556 valence electrons. The molecule has 0 saturated carbocycles. The van der Waals surface area contributed by atoms with E-state index in [1.165, 1.54) is 13.8 Å². The Hall–Kier alpha value is -3.03. The highest BCUT2D eigenvalue weighted by Gasteiger charge is 2.60. The molecule has 0 aliphatic carbocycles. The van der Waals surface area contributed by atoms with Gasteiger partial charge >= 0.3 is 0 Å². The molecule has 0 bridgehead atoms. The lowest BCUT2D eigenvalue weighted by Crippen LogP contribution is -2.71. The molecule has 8 saturated heterocycles. The van der Waals surface area contributed by atoms with Crippen molar-refractivity contribution in [3.63, 3.8) is 0 Å². The third-order valence-corrected chi connectivity index (χ3v) is 17.8. The molecule has 96 heavy (non-hydrogen) atoms. The van der Waals surface area contributed by atoms with Gasteiger partial charge in [-0.15, -0.1) is 0 Å². The molecule has 3 amide bonds. The highest BCUT2D eigenvalue weighted by atomic mass is 16.8. The van der Waals surface area contributed by atoms with Crippen molar-refractivity contribution in [1.82, 2.24) is 16.0 Å². The molecule has 0 aromatic carbocycles. The molecule has 0 spiro atoms. The Kier molecular flexibility index (Phi) is 27.7. The maximum absolute atomic E-state index is 13.2. The van der Waals surface area contributed by atoms with Gasteiger partial charge in [0.15, 0.2) is 50.3 Å². The normalized spacial score (nSPS) is 50.3. The third-order valence-electron chi connectivity index (χ3n) is 17.8. The molecule has 8 aliphatic heterocycles. The minimum absolute atomic E-state index is 0.848. The number of ether oxygens (including phenoxy) is 15. The van der Waals surface area contributed by atoms with Crippen LogP contribution in [0.3, 0.4) is 0 Å². The minimum Gasteiger partial charge on any atom is -0.394 e. The molecule has 8 aliphatic rings. The fourth-order valence-electron chi connectivity index (χ4n) is 12.4. The third kappa shape index (κ3) is 17.0. The topological polar surface area (TPSA) is 651 Å². The SMILES string of the molecule is CC(=O)N[C@H]1[C@H](OC[C@H]2O[C@@H](O[C@H]3[C@@H](O)[C@@H](CO)OC(O)[C@@H]3NC(C)=O)[C@H](O)[C@@H](O[C@@H]3O[C@H](CO)[C@@H](O)[C@H](O[C@@H]4O[C@H](CO)[C@H](O)[C@H](O)[C@H]4O[C@@H]4O[C@@H](C)[C@@H](O)[C@@H](O)[C@@H]4O)[C@H]3NC(C)=O)[C@H]2O)O[C@H](CO)[C@@H](O)[C@@H]1O[C@@H]1O[C@H](CO)[C@H](O)[C@H](O)[C@H]1O[C@@H]1O[C@@H](C)[C@@H](O)[C@@H](O)[C@@H]1O. The van der Waals surface area contributed by atoms with E-state index in [1.54, 1.807) is 0 Å². The van der Waals surface area contributed by atoms with Crippen LogP contribution in [0.1, 0.15) is 34.6 Å². The van der Waals surface area contributed by atoms with Gasteiger partial charge in [-0.3, -0.25) is 14.4 Å². The number of hydrogen-bond donors (Lipinski definition) is 24. The van der Waals surface area contributed by atoms with E-state index in [4.69, 9.17) is 71.1 Å². The van der Waals surface area contributed by atoms with Gasteiger partial charge in [0.1, 0.15) is 183 Å². The molecule has 42 nitrogen and oxygen atoms in total. The van der Waals surface area contributed by atoms with Crippen LogP contribution < -0.4 is 16.0 Å². The average Bonchev–Trinajstić information content (AvgIpc) is 0.778. The highest BCUT2D eigenvalue weighted by molar-refractivity contribution is 5.74. The van der Waals surface area contributed by atoms with E-state index in [1.807, 2.05) is 0 Å². The molecule has 40 atom stereocenters. The summed E-state index contributed by atoms with van der Waals surface area (Å²) in [4.78, 5) is 38.8. The van der Waals surface area contributed by atoms with Crippen LogP contribution in [-0.2, 0) is 85.4 Å². The number of aliphatic hydroxyl groups excluding tert-OH is 21. The van der Waals surface area contributed by atoms with Crippen LogP contribution in [0.4, 0.5) is 0 Å². The van der Waals surface area contributed by atoms with E-state index >= 15 is 0 Å². The molecular formula is C54H91N3O39. The predicted octanol–water partition coefficient (Wildman–Crippen LogP) is -16.0. The van der Waals surface area contributed by atoms with E-state index in [9.17, 15) is 122 Å². The summed E-state index contributed by atoms with van der Waals surface area (Å²) in [5.74, 6) is -2.71. The summed E-state index contributed by atoms with van der Waals surface area (Å²) in [5, 5.41) is 239. The smallest absolute Gasteiger partial charge is 0.217 e. The molecule has 8 heterocycles. The van der Waals surface area contributed by atoms with Gasteiger partial charge in [0.05, 0.1) is 51.8 Å². The van der Waals surface area contributed by atoms with E-state index in [0.29, 0.717) is 0 Å². The van der Waals surface area contributed by atoms with Gasteiger partial charge in [-0.05, 0) is 13.8 Å². The van der Waals surface area contributed by atoms with Gasteiger partial charge in [-0.25, -0.2) is 0 Å². The van der Waals surface area contributed by atoms with Crippen molar-refractivity contribution in [2.24, 2.45) is 0 Å².